The van der Waals surface area contributed by atoms with Crippen molar-refractivity contribution in [3.05, 3.63) is 0 Å². The predicted molar refractivity (Wildman–Crippen MR) is 68.7 cm³/mol. The average molecular weight is 242 g/mol. The van der Waals surface area contributed by atoms with Crippen LogP contribution in [0.25, 0.3) is 0 Å². The Morgan fingerprint density at radius 3 is 2.41 bits per heavy atom. The van der Waals surface area contributed by atoms with Crippen LogP contribution >= 0.6 is 0 Å². The Hall–Kier alpha value is -0.610. The number of likely N-dealkylation sites (tertiary alicyclic amines) is 1. The highest BCUT2D eigenvalue weighted by atomic mass is 16.5. The van der Waals surface area contributed by atoms with Gasteiger partial charge in [0, 0.05) is 6.54 Å². The maximum Gasteiger partial charge on any atom is 0.326 e. The molecule has 17 heavy (non-hydrogen) atoms. The smallest absolute Gasteiger partial charge is 0.326 e. The quantitative estimate of drug-likeness (QED) is 0.757. The van der Waals surface area contributed by atoms with Crippen LogP contribution in [0.2, 0.25) is 0 Å². The molecule has 0 spiro atoms. The van der Waals surface area contributed by atoms with E-state index in [0.29, 0.717) is 12.0 Å². The number of rotatable bonds is 4. The summed E-state index contributed by atoms with van der Waals surface area (Å²) in [6, 6.07) is 0. The van der Waals surface area contributed by atoms with Crippen LogP contribution in [0.15, 0.2) is 0 Å². The number of methoxy groups -OCH3 is 1. The molecular weight excluding hydrogens is 216 g/mol. The molecule has 1 heterocycles. The number of esters is 1. The van der Waals surface area contributed by atoms with Crippen molar-refractivity contribution in [3.8, 4) is 0 Å². The summed E-state index contributed by atoms with van der Waals surface area (Å²) in [6.45, 7) is 8.96. The molecule has 0 amide bonds. The molecule has 1 atom stereocenters. The number of nitrogens with two attached hydrogens (primary N) is 1. The van der Waals surface area contributed by atoms with Gasteiger partial charge in [0.05, 0.1) is 7.11 Å². The second kappa shape index (κ2) is 5.36. The predicted octanol–water partition coefficient (Wildman–Crippen LogP) is 1.39. The first kappa shape index (κ1) is 14.5. The maximum absolute atomic E-state index is 11.5. The van der Waals surface area contributed by atoms with Crippen LogP contribution in [0.3, 0.4) is 0 Å². The van der Waals surface area contributed by atoms with E-state index in [4.69, 9.17) is 10.5 Å². The van der Waals surface area contributed by atoms with Gasteiger partial charge in [0.2, 0.25) is 0 Å². The van der Waals surface area contributed by atoms with Crippen LogP contribution in [-0.4, -0.2) is 43.2 Å². The molecule has 2 N–H and O–H groups in total. The van der Waals surface area contributed by atoms with Crippen LogP contribution in [0.4, 0.5) is 0 Å². The Morgan fingerprint density at radius 2 is 2.00 bits per heavy atom. The highest BCUT2D eigenvalue weighted by Gasteiger charge is 2.35. The summed E-state index contributed by atoms with van der Waals surface area (Å²) in [4.78, 5) is 13.8. The lowest BCUT2D eigenvalue weighted by Crippen LogP contribution is -2.56. The van der Waals surface area contributed by atoms with E-state index in [1.807, 2.05) is 0 Å². The third-order valence-corrected chi connectivity index (χ3v) is 4.12. The van der Waals surface area contributed by atoms with Crippen molar-refractivity contribution in [2.24, 2.45) is 11.1 Å². The Bertz CT molecular complexity index is 269. The Balaban J connectivity index is 2.48. The standard InChI is InChI=1S/C13H26N2O2/c1-5-12(2)6-8-15(9-7-12)10-13(3,14)11(16)17-4/h5-10,14H2,1-4H3. The molecule has 1 saturated heterocycles. The van der Waals surface area contributed by atoms with E-state index in [-0.39, 0.29) is 5.97 Å². The fraction of sp³-hybridized carbons (Fsp3) is 0.923. The van der Waals surface area contributed by atoms with Crippen molar-refractivity contribution in [3.63, 3.8) is 0 Å². The summed E-state index contributed by atoms with van der Waals surface area (Å²) >= 11 is 0. The summed E-state index contributed by atoms with van der Waals surface area (Å²) in [5, 5.41) is 0. The number of carbonyl (C=O) groups excluding carboxylic acids is 1. The van der Waals surface area contributed by atoms with E-state index >= 15 is 0 Å². The van der Waals surface area contributed by atoms with Crippen LogP contribution in [-0.2, 0) is 9.53 Å². The van der Waals surface area contributed by atoms with Crippen LogP contribution in [0, 0.1) is 5.41 Å². The fourth-order valence-electron chi connectivity index (χ4n) is 2.37. The van der Waals surface area contributed by atoms with Gasteiger partial charge < -0.3 is 15.4 Å². The molecule has 0 aromatic heterocycles. The second-order valence-electron chi connectivity index (χ2n) is 5.85. The van der Waals surface area contributed by atoms with Gasteiger partial charge in [-0.05, 0) is 38.3 Å². The van der Waals surface area contributed by atoms with Crippen molar-refractivity contribution in [1.29, 1.82) is 0 Å². The number of nitrogens with zero attached hydrogens (tertiary/aromatic N) is 1. The summed E-state index contributed by atoms with van der Waals surface area (Å²) in [7, 11) is 1.39. The molecule has 1 aliphatic rings. The first-order valence-corrected chi connectivity index (χ1v) is 6.43. The van der Waals surface area contributed by atoms with Crippen LogP contribution in [0.1, 0.15) is 40.0 Å². The molecule has 0 aromatic rings. The van der Waals surface area contributed by atoms with E-state index in [0.717, 1.165) is 13.1 Å². The van der Waals surface area contributed by atoms with Crippen molar-refractivity contribution in [2.45, 2.75) is 45.6 Å². The van der Waals surface area contributed by atoms with Crippen molar-refractivity contribution < 1.29 is 9.53 Å². The van der Waals surface area contributed by atoms with Crippen LogP contribution < -0.4 is 5.73 Å². The molecule has 1 unspecified atom stereocenters. The summed E-state index contributed by atoms with van der Waals surface area (Å²) in [6.07, 6.45) is 3.58. The minimum absolute atomic E-state index is 0.332. The third-order valence-electron chi connectivity index (χ3n) is 4.12. The number of hydrogen-bond donors (Lipinski definition) is 1. The second-order valence-corrected chi connectivity index (χ2v) is 5.85. The number of hydrogen-bond acceptors (Lipinski definition) is 4. The molecular formula is C13H26N2O2. The molecule has 100 valence electrons. The van der Waals surface area contributed by atoms with Gasteiger partial charge in [-0.25, -0.2) is 0 Å². The van der Waals surface area contributed by atoms with E-state index in [1.54, 1.807) is 6.92 Å². The lowest BCUT2D eigenvalue weighted by Gasteiger charge is -2.41. The summed E-state index contributed by atoms with van der Waals surface area (Å²) < 4.78 is 4.73. The Kier molecular flexibility index (Phi) is 4.55. The van der Waals surface area contributed by atoms with Crippen molar-refractivity contribution >= 4 is 5.97 Å². The first-order valence-electron chi connectivity index (χ1n) is 6.43. The Morgan fingerprint density at radius 1 is 1.47 bits per heavy atom. The van der Waals surface area contributed by atoms with Gasteiger partial charge in [-0.15, -0.1) is 0 Å². The van der Waals surface area contributed by atoms with Gasteiger partial charge in [0.15, 0.2) is 0 Å². The number of piperidine rings is 1. The van der Waals surface area contributed by atoms with Crippen LogP contribution in [0.5, 0.6) is 0 Å². The molecule has 1 rings (SSSR count). The number of carbonyl (C=O) groups is 1. The molecule has 4 nitrogen and oxygen atoms in total. The molecule has 0 saturated carbocycles. The molecule has 1 fully saturated rings. The minimum atomic E-state index is -0.894. The monoisotopic (exact) mass is 242 g/mol. The molecule has 0 bridgehead atoms. The highest BCUT2D eigenvalue weighted by molar-refractivity contribution is 5.80. The highest BCUT2D eigenvalue weighted by Crippen LogP contribution is 2.34. The van der Waals surface area contributed by atoms with Gasteiger partial charge in [0.25, 0.3) is 0 Å². The first-order chi connectivity index (χ1) is 7.83. The van der Waals surface area contributed by atoms with Crippen molar-refractivity contribution in [1.82, 2.24) is 4.90 Å². The molecule has 0 aromatic carbocycles. The SMILES string of the molecule is CCC1(C)CCN(CC(C)(N)C(=O)OC)CC1. The Labute approximate surface area is 104 Å². The topological polar surface area (TPSA) is 55.6 Å². The minimum Gasteiger partial charge on any atom is -0.468 e. The van der Waals surface area contributed by atoms with Gasteiger partial charge in [-0.1, -0.05) is 20.3 Å². The third kappa shape index (κ3) is 3.68. The van der Waals surface area contributed by atoms with Gasteiger partial charge in [-0.2, -0.15) is 0 Å². The largest absolute Gasteiger partial charge is 0.468 e. The lowest BCUT2D eigenvalue weighted by molar-refractivity contribution is -0.147. The van der Waals surface area contributed by atoms with Gasteiger partial charge >= 0.3 is 5.97 Å². The van der Waals surface area contributed by atoms with E-state index in [9.17, 15) is 4.79 Å². The molecule has 1 aliphatic heterocycles. The summed E-state index contributed by atoms with van der Waals surface area (Å²) in [5.41, 5.74) is 5.56. The van der Waals surface area contributed by atoms with E-state index in [2.05, 4.69) is 18.7 Å². The zero-order chi connectivity index (χ0) is 13.1. The normalized spacial score (nSPS) is 24.1. The molecule has 0 aliphatic carbocycles. The average Bonchev–Trinajstić information content (AvgIpc) is 2.31. The molecule has 4 heteroatoms. The van der Waals surface area contributed by atoms with Crippen molar-refractivity contribution in [2.75, 3.05) is 26.7 Å². The maximum atomic E-state index is 11.5. The zero-order valence-electron chi connectivity index (χ0n) is 11.6. The number of ether oxygens (including phenoxy) is 1. The lowest BCUT2D eigenvalue weighted by atomic mass is 9.78. The van der Waals surface area contributed by atoms with Gasteiger partial charge in [0.1, 0.15) is 5.54 Å². The fourth-order valence-corrected chi connectivity index (χ4v) is 2.37. The van der Waals surface area contributed by atoms with E-state index in [1.165, 1.54) is 26.4 Å². The van der Waals surface area contributed by atoms with E-state index < -0.39 is 5.54 Å². The zero-order valence-corrected chi connectivity index (χ0v) is 11.6. The van der Waals surface area contributed by atoms with Gasteiger partial charge in [-0.3, -0.25) is 4.79 Å². The molecule has 0 radical (unpaired) electrons. The summed E-state index contributed by atoms with van der Waals surface area (Å²) in [5.74, 6) is -0.332.